The van der Waals surface area contributed by atoms with Crippen molar-refractivity contribution in [2.75, 3.05) is 26.0 Å². The number of methoxy groups -OCH3 is 1. The highest BCUT2D eigenvalue weighted by Crippen LogP contribution is 2.27. The monoisotopic (exact) mass is 259 g/mol. The van der Waals surface area contributed by atoms with Crippen molar-refractivity contribution in [1.29, 1.82) is 0 Å². The molecule has 1 rings (SSSR count). The average Bonchev–Trinajstić information content (AvgIpc) is 2.31. The maximum Gasteiger partial charge on any atom is 0.0470 e. The molecule has 3 heteroatoms. The van der Waals surface area contributed by atoms with E-state index in [1.807, 2.05) is 0 Å². The van der Waals surface area contributed by atoms with E-state index in [1.165, 1.54) is 50.7 Å². The number of rotatable bonds is 7. The molecule has 0 heterocycles. The Kier molecular flexibility index (Phi) is 9.21. The van der Waals surface area contributed by atoms with Gasteiger partial charge in [0.05, 0.1) is 0 Å². The fraction of sp³-hybridized carbons (Fsp3) is 1.00. The predicted octanol–water partition coefficient (Wildman–Crippen LogP) is 3.46. The lowest BCUT2D eigenvalue weighted by Gasteiger charge is -2.29. The highest BCUT2D eigenvalue weighted by molar-refractivity contribution is 7.99. The fourth-order valence-electron chi connectivity index (χ4n) is 2.58. The van der Waals surface area contributed by atoms with Crippen molar-refractivity contribution in [3.05, 3.63) is 0 Å². The summed E-state index contributed by atoms with van der Waals surface area (Å²) in [5, 5.41) is 4.52. The van der Waals surface area contributed by atoms with Crippen LogP contribution in [0.15, 0.2) is 0 Å². The SMILES string of the molecule is CCNC1CCCCCCC1SCCCOC. The molecule has 0 amide bonds. The summed E-state index contributed by atoms with van der Waals surface area (Å²) in [7, 11) is 1.79. The van der Waals surface area contributed by atoms with Gasteiger partial charge < -0.3 is 10.1 Å². The minimum atomic E-state index is 0.743. The van der Waals surface area contributed by atoms with Crippen LogP contribution in [0.4, 0.5) is 0 Å². The summed E-state index contributed by atoms with van der Waals surface area (Å²) in [6.45, 7) is 4.25. The molecule has 0 aromatic carbocycles. The Hall–Kier alpha value is 0.270. The van der Waals surface area contributed by atoms with Gasteiger partial charge in [-0.25, -0.2) is 0 Å². The van der Waals surface area contributed by atoms with Gasteiger partial charge in [0.25, 0.3) is 0 Å². The van der Waals surface area contributed by atoms with Crippen LogP contribution in [0.3, 0.4) is 0 Å². The van der Waals surface area contributed by atoms with E-state index in [0.29, 0.717) is 0 Å². The van der Waals surface area contributed by atoms with Crippen molar-refractivity contribution in [3.8, 4) is 0 Å². The summed E-state index contributed by atoms with van der Waals surface area (Å²) in [5.74, 6) is 1.25. The van der Waals surface area contributed by atoms with Crippen LogP contribution < -0.4 is 5.32 Å². The predicted molar refractivity (Wildman–Crippen MR) is 77.9 cm³/mol. The van der Waals surface area contributed by atoms with Crippen molar-refractivity contribution < 1.29 is 4.74 Å². The van der Waals surface area contributed by atoms with Crippen molar-refractivity contribution in [2.24, 2.45) is 0 Å². The summed E-state index contributed by atoms with van der Waals surface area (Å²) in [6, 6.07) is 0.743. The number of hydrogen-bond donors (Lipinski definition) is 1. The summed E-state index contributed by atoms with van der Waals surface area (Å²) < 4.78 is 5.12. The van der Waals surface area contributed by atoms with E-state index in [1.54, 1.807) is 7.11 Å². The zero-order chi connectivity index (χ0) is 12.3. The lowest BCUT2D eigenvalue weighted by atomic mass is 9.96. The molecule has 1 fully saturated rings. The summed E-state index contributed by atoms with van der Waals surface area (Å²) in [4.78, 5) is 0. The van der Waals surface area contributed by atoms with E-state index in [4.69, 9.17) is 4.74 Å². The van der Waals surface area contributed by atoms with E-state index in [-0.39, 0.29) is 0 Å². The van der Waals surface area contributed by atoms with Gasteiger partial charge in [-0.15, -0.1) is 0 Å². The first-order chi connectivity index (χ1) is 8.38. The third kappa shape index (κ3) is 6.68. The van der Waals surface area contributed by atoms with Gasteiger partial charge in [0.15, 0.2) is 0 Å². The molecule has 17 heavy (non-hydrogen) atoms. The Labute approximate surface area is 111 Å². The van der Waals surface area contributed by atoms with E-state index in [9.17, 15) is 0 Å². The molecule has 0 aliphatic heterocycles. The molecule has 0 aromatic rings. The normalized spacial score (nSPS) is 26.5. The van der Waals surface area contributed by atoms with Gasteiger partial charge in [-0.1, -0.05) is 32.6 Å². The van der Waals surface area contributed by atoms with Crippen molar-refractivity contribution in [3.63, 3.8) is 0 Å². The highest BCUT2D eigenvalue weighted by atomic mass is 32.2. The summed E-state index contributed by atoms with van der Waals surface area (Å²) in [5.41, 5.74) is 0. The molecule has 1 N–H and O–H groups in total. The third-order valence-electron chi connectivity index (χ3n) is 3.49. The zero-order valence-electron chi connectivity index (χ0n) is 11.5. The lowest BCUT2D eigenvalue weighted by molar-refractivity contribution is 0.200. The number of hydrogen-bond acceptors (Lipinski definition) is 3. The van der Waals surface area contributed by atoms with Gasteiger partial charge >= 0.3 is 0 Å². The Morgan fingerprint density at radius 3 is 2.65 bits per heavy atom. The molecule has 0 aromatic heterocycles. The summed E-state index contributed by atoms with van der Waals surface area (Å²) >= 11 is 2.17. The molecule has 0 spiro atoms. The van der Waals surface area contributed by atoms with Crippen LogP contribution in [-0.4, -0.2) is 37.3 Å². The highest BCUT2D eigenvalue weighted by Gasteiger charge is 2.21. The molecule has 0 saturated heterocycles. The second-order valence-corrected chi connectivity index (χ2v) is 6.26. The fourth-order valence-corrected chi connectivity index (χ4v) is 3.97. The molecule has 0 bridgehead atoms. The first kappa shape index (κ1) is 15.3. The van der Waals surface area contributed by atoms with Gasteiger partial charge in [0.1, 0.15) is 0 Å². The second-order valence-electron chi connectivity index (χ2n) is 4.91. The van der Waals surface area contributed by atoms with Crippen molar-refractivity contribution in [2.45, 2.75) is 63.2 Å². The van der Waals surface area contributed by atoms with Crippen LogP contribution in [0.5, 0.6) is 0 Å². The van der Waals surface area contributed by atoms with Crippen LogP contribution >= 0.6 is 11.8 Å². The van der Waals surface area contributed by atoms with Gasteiger partial charge in [-0.05, 0) is 31.6 Å². The molecular formula is C14H29NOS. The largest absolute Gasteiger partial charge is 0.385 e. The molecule has 2 unspecified atom stereocenters. The van der Waals surface area contributed by atoms with Crippen molar-refractivity contribution >= 4 is 11.8 Å². The first-order valence-corrected chi connectivity index (χ1v) is 8.27. The molecule has 1 aliphatic carbocycles. The van der Waals surface area contributed by atoms with Crippen molar-refractivity contribution in [1.82, 2.24) is 5.32 Å². The van der Waals surface area contributed by atoms with Gasteiger partial charge in [-0.3, -0.25) is 0 Å². The molecular weight excluding hydrogens is 230 g/mol. The number of nitrogens with one attached hydrogen (secondary N) is 1. The average molecular weight is 259 g/mol. The molecule has 2 nitrogen and oxygen atoms in total. The molecule has 2 atom stereocenters. The van der Waals surface area contributed by atoms with E-state index in [2.05, 4.69) is 24.0 Å². The number of ether oxygens (including phenoxy) is 1. The second kappa shape index (κ2) is 10.2. The van der Waals surface area contributed by atoms with Gasteiger partial charge in [0.2, 0.25) is 0 Å². The smallest absolute Gasteiger partial charge is 0.0470 e. The third-order valence-corrected chi connectivity index (χ3v) is 5.01. The molecule has 0 radical (unpaired) electrons. The first-order valence-electron chi connectivity index (χ1n) is 7.22. The van der Waals surface area contributed by atoms with Crippen LogP contribution in [0.2, 0.25) is 0 Å². The Morgan fingerprint density at radius 1 is 1.18 bits per heavy atom. The maximum absolute atomic E-state index is 5.12. The quantitative estimate of drug-likeness (QED) is 0.708. The molecule has 1 saturated carbocycles. The van der Waals surface area contributed by atoms with E-state index < -0.39 is 0 Å². The Morgan fingerprint density at radius 2 is 1.94 bits per heavy atom. The van der Waals surface area contributed by atoms with Crippen LogP contribution in [0.1, 0.15) is 51.9 Å². The van der Waals surface area contributed by atoms with Gasteiger partial charge in [-0.2, -0.15) is 11.8 Å². The van der Waals surface area contributed by atoms with Crippen LogP contribution in [0, 0.1) is 0 Å². The lowest BCUT2D eigenvalue weighted by Crippen LogP contribution is -2.39. The Balaban J connectivity index is 2.31. The maximum atomic E-state index is 5.12. The Bertz CT molecular complexity index is 178. The minimum absolute atomic E-state index is 0.743. The zero-order valence-corrected chi connectivity index (χ0v) is 12.4. The van der Waals surface area contributed by atoms with Crippen LogP contribution in [-0.2, 0) is 4.74 Å². The standard InChI is InChI=1S/C14H29NOS/c1-3-15-13-9-6-4-5-7-10-14(13)17-12-8-11-16-2/h13-15H,3-12H2,1-2H3. The van der Waals surface area contributed by atoms with Crippen LogP contribution in [0.25, 0.3) is 0 Å². The van der Waals surface area contributed by atoms with E-state index >= 15 is 0 Å². The topological polar surface area (TPSA) is 21.3 Å². The number of thioether (sulfide) groups is 1. The summed E-state index contributed by atoms with van der Waals surface area (Å²) in [6.07, 6.45) is 9.66. The van der Waals surface area contributed by atoms with Gasteiger partial charge in [0, 0.05) is 25.0 Å². The molecule has 1 aliphatic rings. The van der Waals surface area contributed by atoms with E-state index in [0.717, 1.165) is 24.4 Å². The molecule has 102 valence electrons. The minimum Gasteiger partial charge on any atom is -0.385 e.